The normalized spacial score (nSPS) is 30.1. The molecular weight excluding hydrogens is 226 g/mol. The molecule has 0 amide bonds. The van der Waals surface area contributed by atoms with Gasteiger partial charge in [-0.2, -0.15) is 0 Å². The summed E-state index contributed by atoms with van der Waals surface area (Å²) in [5, 5.41) is 3.18. The van der Waals surface area contributed by atoms with Crippen molar-refractivity contribution in [2.45, 2.75) is 57.8 Å². The molecule has 0 spiro atoms. The first-order chi connectivity index (χ1) is 8.69. The second-order valence-corrected chi connectivity index (χ2v) is 5.48. The molecular formula is C14H21N3O. The van der Waals surface area contributed by atoms with Crippen LogP contribution in [-0.4, -0.2) is 29.2 Å². The number of nitrogens with one attached hydrogen (secondary N) is 1. The fraction of sp³-hybridized carbons (Fsp3) is 0.714. The van der Waals surface area contributed by atoms with Gasteiger partial charge in [-0.1, -0.05) is 0 Å². The van der Waals surface area contributed by atoms with Crippen molar-refractivity contribution >= 4 is 0 Å². The van der Waals surface area contributed by atoms with Gasteiger partial charge >= 0.3 is 0 Å². The molecule has 3 heterocycles. The van der Waals surface area contributed by atoms with Crippen molar-refractivity contribution in [1.82, 2.24) is 15.3 Å². The number of ether oxygens (including phenoxy) is 1. The maximum atomic E-state index is 5.90. The Labute approximate surface area is 108 Å². The Morgan fingerprint density at radius 2 is 1.94 bits per heavy atom. The minimum atomic E-state index is 0.365. The van der Waals surface area contributed by atoms with Crippen molar-refractivity contribution in [3.8, 4) is 0 Å². The van der Waals surface area contributed by atoms with Crippen molar-refractivity contribution < 1.29 is 4.74 Å². The van der Waals surface area contributed by atoms with Gasteiger partial charge in [-0.05, 0) is 40.2 Å². The number of nitrogens with zero attached hydrogens (tertiary/aromatic N) is 2. The maximum absolute atomic E-state index is 5.90. The van der Waals surface area contributed by atoms with E-state index in [2.05, 4.69) is 19.2 Å². The average Bonchev–Trinajstić information content (AvgIpc) is 2.95. The highest BCUT2D eigenvalue weighted by Gasteiger charge is 2.43. The zero-order chi connectivity index (χ0) is 12.7. The molecule has 0 saturated carbocycles. The van der Waals surface area contributed by atoms with Gasteiger partial charge in [0.1, 0.15) is 5.82 Å². The van der Waals surface area contributed by atoms with E-state index < -0.39 is 0 Å². The standard InChI is InChI=1S/C14H21N3O/c1-8-12(7-15-3)9(2)17-14(16-8)11-6-10-4-5-13(11)18-10/h10-11,13,15H,4-7H2,1-3H3. The third-order valence-corrected chi connectivity index (χ3v) is 4.23. The molecule has 0 radical (unpaired) electrons. The van der Waals surface area contributed by atoms with Crippen molar-refractivity contribution in [3.63, 3.8) is 0 Å². The smallest absolute Gasteiger partial charge is 0.134 e. The maximum Gasteiger partial charge on any atom is 0.134 e. The zero-order valence-electron chi connectivity index (χ0n) is 11.4. The molecule has 4 heteroatoms. The second-order valence-electron chi connectivity index (χ2n) is 5.48. The summed E-state index contributed by atoms with van der Waals surface area (Å²) < 4.78 is 5.90. The number of aromatic nitrogens is 2. The van der Waals surface area contributed by atoms with Crippen LogP contribution in [0.5, 0.6) is 0 Å². The highest BCUT2D eigenvalue weighted by Crippen LogP contribution is 2.43. The predicted octanol–water partition coefficient (Wildman–Crippen LogP) is 1.85. The number of aryl methyl sites for hydroxylation is 2. The minimum Gasteiger partial charge on any atom is -0.374 e. The lowest BCUT2D eigenvalue weighted by atomic mass is 9.88. The van der Waals surface area contributed by atoms with Crippen molar-refractivity contribution in [2.75, 3.05) is 7.05 Å². The van der Waals surface area contributed by atoms with Crippen LogP contribution in [0.4, 0.5) is 0 Å². The monoisotopic (exact) mass is 247 g/mol. The van der Waals surface area contributed by atoms with Crippen LogP contribution in [0.2, 0.25) is 0 Å². The Hall–Kier alpha value is -1.00. The number of hydrogen-bond donors (Lipinski definition) is 1. The van der Waals surface area contributed by atoms with Crippen LogP contribution >= 0.6 is 0 Å². The summed E-state index contributed by atoms with van der Waals surface area (Å²) >= 11 is 0. The predicted molar refractivity (Wildman–Crippen MR) is 69.5 cm³/mol. The van der Waals surface area contributed by atoms with Gasteiger partial charge in [0.2, 0.25) is 0 Å². The Balaban J connectivity index is 1.89. The summed E-state index contributed by atoms with van der Waals surface area (Å²) in [5.41, 5.74) is 3.44. The Kier molecular flexibility index (Phi) is 3.08. The van der Waals surface area contributed by atoms with E-state index in [4.69, 9.17) is 14.7 Å². The lowest BCUT2D eigenvalue weighted by Gasteiger charge is -2.19. The largest absolute Gasteiger partial charge is 0.374 e. The molecule has 2 aliphatic rings. The van der Waals surface area contributed by atoms with Crippen LogP contribution in [-0.2, 0) is 11.3 Å². The third kappa shape index (κ3) is 1.93. The van der Waals surface area contributed by atoms with E-state index in [9.17, 15) is 0 Å². The Morgan fingerprint density at radius 1 is 1.22 bits per heavy atom. The molecule has 2 bridgehead atoms. The molecule has 2 fully saturated rings. The molecule has 0 aromatic carbocycles. The molecule has 1 aromatic rings. The molecule has 1 aromatic heterocycles. The van der Waals surface area contributed by atoms with E-state index in [-0.39, 0.29) is 0 Å². The first-order valence-electron chi connectivity index (χ1n) is 6.83. The summed E-state index contributed by atoms with van der Waals surface area (Å²) in [7, 11) is 1.95. The van der Waals surface area contributed by atoms with Crippen molar-refractivity contribution in [3.05, 3.63) is 22.8 Å². The minimum absolute atomic E-state index is 0.365. The van der Waals surface area contributed by atoms with Gasteiger partial charge in [-0.15, -0.1) is 0 Å². The summed E-state index contributed by atoms with van der Waals surface area (Å²) in [6, 6.07) is 0. The van der Waals surface area contributed by atoms with Gasteiger partial charge in [0, 0.05) is 29.4 Å². The van der Waals surface area contributed by atoms with Gasteiger partial charge in [-0.3, -0.25) is 0 Å². The summed E-state index contributed by atoms with van der Waals surface area (Å²) in [4.78, 5) is 9.44. The molecule has 2 aliphatic heterocycles. The van der Waals surface area contributed by atoms with E-state index in [1.807, 2.05) is 7.05 Å². The van der Waals surface area contributed by atoms with Gasteiger partial charge in [0.15, 0.2) is 0 Å². The number of rotatable bonds is 3. The van der Waals surface area contributed by atoms with E-state index in [0.717, 1.165) is 30.2 Å². The van der Waals surface area contributed by atoms with Gasteiger partial charge in [0.25, 0.3) is 0 Å². The molecule has 3 atom stereocenters. The first kappa shape index (κ1) is 12.1. The zero-order valence-corrected chi connectivity index (χ0v) is 11.4. The lowest BCUT2D eigenvalue weighted by molar-refractivity contribution is 0.0998. The van der Waals surface area contributed by atoms with Gasteiger partial charge in [0.05, 0.1) is 12.2 Å². The molecule has 3 unspecified atom stereocenters. The fourth-order valence-corrected chi connectivity index (χ4v) is 3.27. The molecule has 18 heavy (non-hydrogen) atoms. The Bertz CT molecular complexity index is 437. The molecule has 1 N–H and O–H groups in total. The number of hydrogen-bond acceptors (Lipinski definition) is 4. The van der Waals surface area contributed by atoms with E-state index >= 15 is 0 Å². The molecule has 3 rings (SSSR count). The van der Waals surface area contributed by atoms with Crippen LogP contribution in [0.1, 0.15) is 48.0 Å². The van der Waals surface area contributed by atoms with Crippen molar-refractivity contribution in [2.24, 2.45) is 0 Å². The molecule has 0 aliphatic carbocycles. The molecule has 4 nitrogen and oxygen atoms in total. The van der Waals surface area contributed by atoms with Crippen LogP contribution in [0, 0.1) is 13.8 Å². The fourth-order valence-electron chi connectivity index (χ4n) is 3.27. The van der Waals surface area contributed by atoms with Crippen LogP contribution in [0.25, 0.3) is 0 Å². The first-order valence-corrected chi connectivity index (χ1v) is 6.83. The summed E-state index contributed by atoms with van der Waals surface area (Å²) in [6.45, 7) is 5.00. The third-order valence-electron chi connectivity index (χ3n) is 4.23. The van der Waals surface area contributed by atoms with E-state index in [1.54, 1.807) is 0 Å². The van der Waals surface area contributed by atoms with Crippen LogP contribution in [0.3, 0.4) is 0 Å². The molecule has 2 saturated heterocycles. The van der Waals surface area contributed by atoms with Crippen LogP contribution in [0.15, 0.2) is 0 Å². The highest BCUT2D eigenvalue weighted by molar-refractivity contribution is 5.26. The van der Waals surface area contributed by atoms with Crippen LogP contribution < -0.4 is 5.32 Å². The SMILES string of the molecule is CNCc1c(C)nc(C2CC3CCC2O3)nc1C. The summed E-state index contributed by atoms with van der Waals surface area (Å²) in [6.07, 6.45) is 4.33. The van der Waals surface area contributed by atoms with E-state index in [1.165, 1.54) is 18.4 Å². The lowest BCUT2D eigenvalue weighted by Crippen LogP contribution is -2.20. The van der Waals surface area contributed by atoms with Gasteiger partial charge < -0.3 is 10.1 Å². The van der Waals surface area contributed by atoms with Crippen molar-refractivity contribution in [1.29, 1.82) is 0 Å². The van der Waals surface area contributed by atoms with E-state index in [0.29, 0.717) is 18.1 Å². The topological polar surface area (TPSA) is 47.0 Å². The summed E-state index contributed by atoms with van der Waals surface area (Å²) in [5.74, 6) is 1.42. The quantitative estimate of drug-likeness (QED) is 0.885. The molecule has 98 valence electrons. The Morgan fingerprint density at radius 3 is 2.44 bits per heavy atom. The number of fused-ring (bicyclic) bond motifs is 2. The second kappa shape index (κ2) is 4.59. The average molecular weight is 247 g/mol. The van der Waals surface area contributed by atoms with Gasteiger partial charge in [-0.25, -0.2) is 9.97 Å². The highest BCUT2D eigenvalue weighted by atomic mass is 16.5.